The minimum Gasteiger partial charge on any atom is -0.497 e. The van der Waals surface area contributed by atoms with Crippen molar-refractivity contribution in [3.05, 3.63) is 76.9 Å². The first-order valence-corrected chi connectivity index (χ1v) is 8.99. The van der Waals surface area contributed by atoms with Gasteiger partial charge in [0.05, 0.1) is 19.2 Å². The van der Waals surface area contributed by atoms with Crippen LogP contribution in [0.5, 0.6) is 5.75 Å². The van der Waals surface area contributed by atoms with Crippen molar-refractivity contribution in [3.8, 4) is 17.0 Å². The number of ether oxygens (including phenoxy) is 1. The topological polar surface area (TPSA) is 80.6 Å². The number of nitrogens with one attached hydrogen (secondary N) is 1. The lowest BCUT2D eigenvalue weighted by molar-refractivity contribution is -0.136. The summed E-state index contributed by atoms with van der Waals surface area (Å²) >= 11 is 5.97. The summed E-state index contributed by atoms with van der Waals surface area (Å²) in [6, 6.07) is 17.6. The molecule has 3 aromatic rings. The Morgan fingerprint density at radius 2 is 1.71 bits per heavy atom. The van der Waals surface area contributed by atoms with E-state index < -0.39 is 5.97 Å². The minimum atomic E-state index is -0.901. The maximum Gasteiger partial charge on any atom is 0.303 e. The summed E-state index contributed by atoms with van der Waals surface area (Å²) in [6.45, 7) is 0. The summed E-state index contributed by atoms with van der Waals surface area (Å²) in [5, 5.41) is 9.61. The molecular weight excluding hydrogens is 380 g/mol. The fourth-order valence-corrected chi connectivity index (χ4v) is 2.92. The van der Waals surface area contributed by atoms with Crippen molar-refractivity contribution in [2.24, 2.45) is 0 Å². The van der Waals surface area contributed by atoms with Gasteiger partial charge in [0.25, 0.3) is 5.91 Å². The molecule has 3 rings (SSSR count). The number of hydrogen-bond donors (Lipinski definition) is 2. The van der Waals surface area contributed by atoms with Crippen molar-refractivity contribution in [2.45, 2.75) is 12.8 Å². The highest BCUT2D eigenvalue weighted by Crippen LogP contribution is 2.24. The monoisotopic (exact) mass is 398 g/mol. The zero-order valence-electron chi connectivity index (χ0n) is 15.2. The molecular formula is C21H19ClN2O4. The van der Waals surface area contributed by atoms with Gasteiger partial charge in [0.1, 0.15) is 5.75 Å². The van der Waals surface area contributed by atoms with Crippen LogP contribution in [-0.2, 0) is 11.2 Å². The molecule has 7 heteroatoms. The first kappa shape index (κ1) is 19.5. The number of carboxylic acid groups (broad SMARTS) is 1. The third-order valence-electron chi connectivity index (χ3n) is 4.26. The van der Waals surface area contributed by atoms with Crippen molar-refractivity contribution in [1.82, 2.24) is 4.68 Å². The van der Waals surface area contributed by atoms with Crippen LogP contribution >= 0.6 is 11.6 Å². The maximum atomic E-state index is 12.7. The Morgan fingerprint density at radius 3 is 2.32 bits per heavy atom. The smallest absolute Gasteiger partial charge is 0.303 e. The highest BCUT2D eigenvalue weighted by Gasteiger charge is 2.15. The fourth-order valence-electron chi connectivity index (χ4n) is 2.80. The van der Waals surface area contributed by atoms with Crippen LogP contribution < -0.4 is 10.2 Å². The number of halogens is 1. The van der Waals surface area contributed by atoms with Crippen LogP contribution in [0.2, 0.25) is 5.02 Å². The molecule has 0 saturated carbocycles. The van der Waals surface area contributed by atoms with Crippen molar-refractivity contribution >= 4 is 23.5 Å². The highest BCUT2D eigenvalue weighted by molar-refractivity contribution is 6.30. The number of aryl methyl sites for hydroxylation is 1. The van der Waals surface area contributed by atoms with Crippen LogP contribution in [-0.4, -0.2) is 28.8 Å². The average Bonchev–Trinajstić information content (AvgIpc) is 3.09. The second kappa shape index (κ2) is 8.63. The number of amides is 1. The molecule has 1 aromatic heterocycles. The number of methoxy groups -OCH3 is 1. The first-order valence-electron chi connectivity index (χ1n) is 8.61. The summed E-state index contributed by atoms with van der Waals surface area (Å²) in [6.07, 6.45) is 0.244. The summed E-state index contributed by atoms with van der Waals surface area (Å²) in [7, 11) is 1.56. The number of aliphatic carboxylic acids is 1. The zero-order valence-corrected chi connectivity index (χ0v) is 15.9. The van der Waals surface area contributed by atoms with E-state index in [1.807, 2.05) is 18.2 Å². The molecule has 1 heterocycles. The van der Waals surface area contributed by atoms with Crippen LogP contribution in [0.1, 0.15) is 22.5 Å². The van der Waals surface area contributed by atoms with E-state index in [1.54, 1.807) is 54.3 Å². The average molecular weight is 399 g/mol. The van der Waals surface area contributed by atoms with Crippen LogP contribution in [0.4, 0.5) is 0 Å². The normalized spacial score (nSPS) is 10.5. The van der Waals surface area contributed by atoms with Crippen molar-refractivity contribution < 1.29 is 19.4 Å². The van der Waals surface area contributed by atoms with Crippen LogP contribution in [0.25, 0.3) is 11.3 Å². The van der Waals surface area contributed by atoms with Gasteiger partial charge in [0.2, 0.25) is 0 Å². The molecule has 2 aromatic carbocycles. The molecule has 0 bridgehead atoms. The third kappa shape index (κ3) is 4.53. The number of hydrogen-bond acceptors (Lipinski definition) is 3. The van der Waals surface area contributed by atoms with Gasteiger partial charge in [0, 0.05) is 28.3 Å². The lowest BCUT2D eigenvalue weighted by atomic mass is 10.1. The van der Waals surface area contributed by atoms with Gasteiger partial charge in [-0.3, -0.25) is 19.7 Å². The number of nitrogens with zero attached hydrogens (tertiary/aromatic N) is 1. The Kier molecular flexibility index (Phi) is 6.01. The number of carboxylic acids is 1. The Morgan fingerprint density at radius 1 is 1.04 bits per heavy atom. The predicted octanol–water partition coefficient (Wildman–Crippen LogP) is 4.22. The van der Waals surface area contributed by atoms with Gasteiger partial charge >= 0.3 is 5.97 Å². The van der Waals surface area contributed by atoms with Gasteiger partial charge in [-0.05, 0) is 48.5 Å². The van der Waals surface area contributed by atoms with E-state index >= 15 is 0 Å². The number of benzene rings is 2. The molecule has 144 valence electrons. The van der Waals surface area contributed by atoms with E-state index in [1.165, 1.54) is 0 Å². The Bertz CT molecular complexity index is 979. The molecule has 0 spiro atoms. The van der Waals surface area contributed by atoms with E-state index in [0.29, 0.717) is 22.0 Å². The van der Waals surface area contributed by atoms with E-state index in [9.17, 15) is 9.59 Å². The first-order chi connectivity index (χ1) is 13.5. The predicted molar refractivity (Wildman–Crippen MR) is 108 cm³/mol. The highest BCUT2D eigenvalue weighted by atomic mass is 35.5. The van der Waals surface area contributed by atoms with Crippen molar-refractivity contribution in [2.75, 3.05) is 12.5 Å². The summed E-state index contributed by atoms with van der Waals surface area (Å²) < 4.78 is 6.74. The van der Waals surface area contributed by atoms with Crippen molar-refractivity contribution in [1.29, 1.82) is 0 Å². The summed E-state index contributed by atoms with van der Waals surface area (Å²) in [5.74, 6) is -0.561. The molecule has 0 fully saturated rings. The molecule has 0 aliphatic rings. The van der Waals surface area contributed by atoms with E-state index in [4.69, 9.17) is 21.4 Å². The minimum absolute atomic E-state index is 0.0392. The number of carbonyl (C=O) groups excluding carboxylic acids is 1. The summed E-state index contributed by atoms with van der Waals surface area (Å²) in [4.78, 5) is 23.7. The Balaban J connectivity index is 1.93. The lowest BCUT2D eigenvalue weighted by Gasteiger charge is -2.15. The molecule has 28 heavy (non-hydrogen) atoms. The molecule has 1 amide bonds. The quantitative estimate of drug-likeness (QED) is 0.624. The van der Waals surface area contributed by atoms with Gasteiger partial charge in [-0.1, -0.05) is 23.7 Å². The summed E-state index contributed by atoms with van der Waals surface area (Å²) in [5.41, 5.74) is 5.59. The molecule has 0 radical (unpaired) electrons. The number of carbonyl (C=O) groups is 2. The van der Waals surface area contributed by atoms with Gasteiger partial charge < -0.3 is 9.84 Å². The molecule has 6 nitrogen and oxygen atoms in total. The number of rotatable bonds is 7. The Hall–Kier alpha value is -3.25. The van der Waals surface area contributed by atoms with E-state index in [-0.39, 0.29) is 18.7 Å². The standard InChI is InChI=1S/C21H19ClN2O4/c1-28-18-10-4-15(5-11-18)21(27)23-24-17(9-13-20(25)26)8-12-19(24)14-2-6-16(22)7-3-14/h2-8,10-12H,9,13H2,1H3,(H,23,27)(H,25,26). The van der Waals surface area contributed by atoms with Crippen molar-refractivity contribution in [3.63, 3.8) is 0 Å². The largest absolute Gasteiger partial charge is 0.497 e. The molecule has 2 N–H and O–H groups in total. The second-order valence-corrected chi connectivity index (χ2v) is 6.55. The fraction of sp³-hybridized carbons (Fsp3) is 0.143. The van der Waals surface area contributed by atoms with Gasteiger partial charge in [-0.15, -0.1) is 0 Å². The molecule has 0 saturated heterocycles. The van der Waals surface area contributed by atoms with E-state index in [2.05, 4.69) is 5.43 Å². The van der Waals surface area contributed by atoms with Gasteiger partial charge in [0.15, 0.2) is 0 Å². The molecule has 0 unspecified atom stereocenters. The van der Waals surface area contributed by atoms with Crippen LogP contribution in [0, 0.1) is 0 Å². The van der Waals surface area contributed by atoms with Gasteiger partial charge in [-0.25, -0.2) is 0 Å². The van der Waals surface area contributed by atoms with Crippen LogP contribution in [0.15, 0.2) is 60.7 Å². The zero-order chi connectivity index (χ0) is 20.1. The maximum absolute atomic E-state index is 12.7. The SMILES string of the molecule is COc1ccc(C(=O)Nn2c(CCC(=O)O)ccc2-c2ccc(Cl)cc2)cc1. The molecule has 0 aliphatic heterocycles. The second-order valence-electron chi connectivity index (χ2n) is 6.12. The molecule has 0 aliphatic carbocycles. The lowest BCUT2D eigenvalue weighted by Crippen LogP contribution is -2.25. The van der Waals surface area contributed by atoms with E-state index in [0.717, 1.165) is 11.3 Å². The van der Waals surface area contributed by atoms with Crippen LogP contribution in [0.3, 0.4) is 0 Å². The number of aromatic nitrogens is 1. The Labute approximate surface area is 167 Å². The third-order valence-corrected chi connectivity index (χ3v) is 4.51. The molecule has 0 atom stereocenters. The van der Waals surface area contributed by atoms with Gasteiger partial charge in [-0.2, -0.15) is 0 Å².